The topological polar surface area (TPSA) is 64.5 Å². The molecule has 3 aromatic heterocycles. The molecule has 0 radical (unpaired) electrons. The van der Waals surface area contributed by atoms with E-state index in [4.69, 9.17) is 16.6 Å². The Hall–Kier alpha value is -3.18. The molecule has 5 nitrogen and oxygen atoms in total. The highest BCUT2D eigenvalue weighted by Gasteiger charge is 2.15. The van der Waals surface area contributed by atoms with Crippen LogP contribution in [-0.2, 0) is 0 Å². The predicted octanol–water partition coefficient (Wildman–Crippen LogP) is 4.32. The number of hydrogen-bond acceptors (Lipinski definition) is 5. The van der Waals surface area contributed by atoms with Gasteiger partial charge in [-0.25, -0.2) is 19.9 Å². The minimum atomic E-state index is 0.607. The maximum atomic E-state index is 6.41. The molecule has 0 aliphatic carbocycles. The number of nitrogens with zero attached hydrogens (tertiary/aromatic N) is 5. The molecule has 0 saturated heterocycles. The average molecular weight is 346 g/mol. The van der Waals surface area contributed by atoms with Crippen LogP contribution in [0, 0.1) is 0 Å². The average Bonchev–Trinajstić information content (AvgIpc) is 2.69. The SMILES string of the molecule is Clc1ccccc1-c1nc(-c2ccncc2)ncc1-c1ccncn1. The Morgan fingerprint density at radius 1 is 0.760 bits per heavy atom. The maximum absolute atomic E-state index is 6.41. The van der Waals surface area contributed by atoms with Crippen LogP contribution in [0.15, 0.2) is 73.6 Å². The Bertz CT molecular complexity index is 1010. The molecule has 4 rings (SSSR count). The van der Waals surface area contributed by atoms with Crippen molar-refractivity contribution in [1.82, 2.24) is 24.9 Å². The third-order valence-electron chi connectivity index (χ3n) is 3.71. The molecule has 1 aromatic carbocycles. The monoisotopic (exact) mass is 345 g/mol. The molecule has 120 valence electrons. The van der Waals surface area contributed by atoms with Crippen molar-refractivity contribution in [3.63, 3.8) is 0 Å². The van der Waals surface area contributed by atoms with Crippen LogP contribution in [0.2, 0.25) is 5.02 Å². The lowest BCUT2D eigenvalue weighted by molar-refractivity contribution is 1.14. The molecule has 0 fully saturated rings. The summed E-state index contributed by atoms with van der Waals surface area (Å²) in [6.07, 6.45) is 8.39. The first-order valence-electron chi connectivity index (χ1n) is 7.61. The predicted molar refractivity (Wildman–Crippen MR) is 96.7 cm³/mol. The van der Waals surface area contributed by atoms with Crippen LogP contribution in [0.1, 0.15) is 0 Å². The van der Waals surface area contributed by atoms with Crippen molar-refractivity contribution in [2.75, 3.05) is 0 Å². The lowest BCUT2D eigenvalue weighted by atomic mass is 10.0. The van der Waals surface area contributed by atoms with Crippen molar-refractivity contribution < 1.29 is 0 Å². The van der Waals surface area contributed by atoms with Crippen LogP contribution in [0.3, 0.4) is 0 Å². The summed E-state index contributed by atoms with van der Waals surface area (Å²) in [7, 11) is 0. The maximum Gasteiger partial charge on any atom is 0.159 e. The van der Waals surface area contributed by atoms with Gasteiger partial charge in [0.15, 0.2) is 5.82 Å². The molecule has 0 spiro atoms. The summed E-state index contributed by atoms with van der Waals surface area (Å²) < 4.78 is 0. The highest BCUT2D eigenvalue weighted by molar-refractivity contribution is 6.33. The van der Waals surface area contributed by atoms with Crippen LogP contribution in [0.25, 0.3) is 33.9 Å². The Balaban J connectivity index is 1.95. The number of hydrogen-bond donors (Lipinski definition) is 0. The molecule has 0 aliphatic rings. The first-order valence-corrected chi connectivity index (χ1v) is 7.99. The van der Waals surface area contributed by atoms with Crippen molar-refractivity contribution in [3.8, 4) is 33.9 Å². The molecule has 0 saturated carbocycles. The Labute approximate surface area is 149 Å². The van der Waals surface area contributed by atoms with Gasteiger partial charge in [0.05, 0.1) is 11.4 Å². The zero-order valence-corrected chi connectivity index (χ0v) is 13.8. The summed E-state index contributed by atoms with van der Waals surface area (Å²) in [6.45, 7) is 0. The lowest BCUT2D eigenvalue weighted by Crippen LogP contribution is -1.97. The molecule has 3 heterocycles. The van der Waals surface area contributed by atoms with Crippen LogP contribution in [0.4, 0.5) is 0 Å². The lowest BCUT2D eigenvalue weighted by Gasteiger charge is -2.11. The third-order valence-corrected chi connectivity index (χ3v) is 4.04. The summed E-state index contributed by atoms with van der Waals surface area (Å²) in [4.78, 5) is 21.6. The zero-order chi connectivity index (χ0) is 17.1. The van der Waals surface area contributed by atoms with Gasteiger partial charge in [0, 0.05) is 46.5 Å². The van der Waals surface area contributed by atoms with E-state index < -0.39 is 0 Å². The Morgan fingerprint density at radius 2 is 1.56 bits per heavy atom. The van der Waals surface area contributed by atoms with Crippen molar-refractivity contribution >= 4 is 11.6 Å². The van der Waals surface area contributed by atoms with Gasteiger partial charge in [-0.1, -0.05) is 29.8 Å². The molecular formula is C19H12ClN5. The van der Waals surface area contributed by atoms with Gasteiger partial charge in [0.25, 0.3) is 0 Å². The zero-order valence-electron chi connectivity index (χ0n) is 13.0. The van der Waals surface area contributed by atoms with E-state index in [1.807, 2.05) is 42.5 Å². The number of halogens is 1. The first-order chi connectivity index (χ1) is 12.3. The molecular weight excluding hydrogens is 334 g/mol. The minimum absolute atomic E-state index is 0.607. The van der Waals surface area contributed by atoms with Crippen LogP contribution < -0.4 is 0 Å². The molecule has 6 heteroatoms. The number of aromatic nitrogens is 5. The molecule has 25 heavy (non-hydrogen) atoms. The van der Waals surface area contributed by atoms with Gasteiger partial charge in [-0.2, -0.15) is 0 Å². The second kappa shape index (κ2) is 6.75. The van der Waals surface area contributed by atoms with Crippen molar-refractivity contribution in [3.05, 3.63) is 78.6 Å². The fraction of sp³-hybridized carbons (Fsp3) is 0. The van der Waals surface area contributed by atoms with E-state index >= 15 is 0 Å². The summed E-state index contributed by atoms with van der Waals surface area (Å²) in [5, 5.41) is 0.622. The first kappa shape index (κ1) is 15.4. The van der Waals surface area contributed by atoms with Gasteiger partial charge >= 0.3 is 0 Å². The van der Waals surface area contributed by atoms with E-state index in [1.54, 1.807) is 24.8 Å². The minimum Gasteiger partial charge on any atom is -0.265 e. The van der Waals surface area contributed by atoms with Gasteiger partial charge in [0.2, 0.25) is 0 Å². The second-order valence-corrected chi connectivity index (χ2v) is 5.67. The van der Waals surface area contributed by atoms with E-state index in [-0.39, 0.29) is 0 Å². The molecule has 0 N–H and O–H groups in total. The van der Waals surface area contributed by atoms with Crippen molar-refractivity contribution in [2.45, 2.75) is 0 Å². The van der Waals surface area contributed by atoms with Crippen LogP contribution >= 0.6 is 11.6 Å². The second-order valence-electron chi connectivity index (χ2n) is 5.27. The third kappa shape index (κ3) is 3.09. The van der Waals surface area contributed by atoms with Gasteiger partial charge < -0.3 is 0 Å². The highest BCUT2D eigenvalue weighted by atomic mass is 35.5. The summed E-state index contributed by atoms with van der Waals surface area (Å²) >= 11 is 6.41. The van der Waals surface area contributed by atoms with E-state index in [0.717, 1.165) is 28.1 Å². The fourth-order valence-electron chi connectivity index (χ4n) is 2.52. The van der Waals surface area contributed by atoms with Gasteiger partial charge in [0.1, 0.15) is 6.33 Å². The number of rotatable bonds is 3. The van der Waals surface area contributed by atoms with E-state index in [0.29, 0.717) is 10.8 Å². The molecule has 4 aromatic rings. The summed E-state index contributed by atoms with van der Waals surface area (Å²) in [5.41, 5.74) is 3.98. The van der Waals surface area contributed by atoms with Crippen LogP contribution in [0.5, 0.6) is 0 Å². The Morgan fingerprint density at radius 3 is 2.32 bits per heavy atom. The quantitative estimate of drug-likeness (QED) is 0.553. The van der Waals surface area contributed by atoms with Gasteiger partial charge in [-0.15, -0.1) is 0 Å². The van der Waals surface area contributed by atoms with Gasteiger partial charge in [-0.05, 0) is 24.3 Å². The molecule has 0 atom stereocenters. The number of pyridine rings is 1. The van der Waals surface area contributed by atoms with Gasteiger partial charge in [-0.3, -0.25) is 4.98 Å². The molecule has 0 unspecified atom stereocenters. The highest BCUT2D eigenvalue weighted by Crippen LogP contribution is 2.34. The molecule has 0 aliphatic heterocycles. The standard InChI is InChI=1S/C19H12ClN5/c20-16-4-2-1-3-14(16)18-15(17-7-10-22-12-24-17)11-23-19(25-18)13-5-8-21-9-6-13/h1-12H. The summed E-state index contributed by atoms with van der Waals surface area (Å²) in [5.74, 6) is 0.607. The van der Waals surface area contributed by atoms with E-state index in [9.17, 15) is 0 Å². The van der Waals surface area contributed by atoms with Crippen molar-refractivity contribution in [2.24, 2.45) is 0 Å². The smallest absolute Gasteiger partial charge is 0.159 e. The normalized spacial score (nSPS) is 10.6. The van der Waals surface area contributed by atoms with E-state index in [2.05, 4.69) is 19.9 Å². The summed E-state index contributed by atoms with van der Waals surface area (Å²) in [6, 6.07) is 13.2. The largest absolute Gasteiger partial charge is 0.265 e. The fourth-order valence-corrected chi connectivity index (χ4v) is 2.74. The Kier molecular flexibility index (Phi) is 4.14. The van der Waals surface area contributed by atoms with Crippen LogP contribution in [-0.4, -0.2) is 24.9 Å². The molecule has 0 amide bonds. The number of benzene rings is 1. The van der Waals surface area contributed by atoms with E-state index in [1.165, 1.54) is 6.33 Å². The molecule has 0 bridgehead atoms. The van der Waals surface area contributed by atoms with Crippen molar-refractivity contribution in [1.29, 1.82) is 0 Å².